The maximum atomic E-state index is 9.69. The second-order valence-electron chi connectivity index (χ2n) is 6.93. The third-order valence-electron chi connectivity index (χ3n) is 4.65. The topological polar surface area (TPSA) is 114 Å². The zero-order valence-electron chi connectivity index (χ0n) is 14.7. The Hall–Kier alpha value is -2.38. The fraction of sp³-hybridized carbons (Fsp3) is 0.444. The summed E-state index contributed by atoms with van der Waals surface area (Å²) < 4.78 is 5.49. The minimum Gasteiger partial charge on any atom is -0.495 e. The number of aliphatic hydroxyl groups is 2. The van der Waals surface area contributed by atoms with Gasteiger partial charge in [-0.25, -0.2) is 9.97 Å². The number of anilines is 2. The van der Waals surface area contributed by atoms with Gasteiger partial charge in [0.1, 0.15) is 17.9 Å². The van der Waals surface area contributed by atoms with Gasteiger partial charge in [0.15, 0.2) is 0 Å². The molecule has 1 atom stereocenters. The Morgan fingerprint density at radius 2 is 2.12 bits per heavy atom. The summed E-state index contributed by atoms with van der Waals surface area (Å²) in [7, 11) is 1.61. The van der Waals surface area contributed by atoms with Gasteiger partial charge in [0.2, 0.25) is 0 Å². The number of methoxy groups -OCH3 is 1. The highest BCUT2D eigenvalue weighted by Crippen LogP contribution is 2.48. The first-order valence-electron chi connectivity index (χ1n) is 8.23. The maximum Gasteiger partial charge on any atom is 0.142 e. The third kappa shape index (κ3) is 3.01. The van der Waals surface area contributed by atoms with Gasteiger partial charge in [-0.3, -0.25) is 0 Å². The molecular weight excluding hydrogens is 320 g/mol. The van der Waals surface area contributed by atoms with Crippen LogP contribution in [0.5, 0.6) is 5.75 Å². The summed E-state index contributed by atoms with van der Waals surface area (Å²) in [5, 5.41) is 22.0. The van der Waals surface area contributed by atoms with Gasteiger partial charge in [0.05, 0.1) is 31.2 Å². The van der Waals surface area contributed by atoms with E-state index in [9.17, 15) is 5.11 Å². The molecule has 5 N–H and O–H groups in total. The number of fused-ring (bicyclic) bond motifs is 3. The number of nitrogens with two attached hydrogens (primary N) is 1. The van der Waals surface area contributed by atoms with Gasteiger partial charge >= 0.3 is 0 Å². The first-order chi connectivity index (χ1) is 11.9. The van der Waals surface area contributed by atoms with Gasteiger partial charge in [0, 0.05) is 17.7 Å². The molecule has 1 unspecified atom stereocenters. The molecule has 1 aromatic carbocycles. The van der Waals surface area contributed by atoms with Crippen LogP contribution in [0.2, 0.25) is 0 Å². The molecule has 0 saturated carbocycles. The molecule has 0 saturated heterocycles. The van der Waals surface area contributed by atoms with Crippen molar-refractivity contribution in [3.05, 3.63) is 29.6 Å². The maximum absolute atomic E-state index is 9.69. The van der Waals surface area contributed by atoms with Crippen molar-refractivity contribution in [3.63, 3.8) is 0 Å². The summed E-state index contributed by atoms with van der Waals surface area (Å²) in [6, 6.07) is 3.84. The Balaban J connectivity index is 2.16. The summed E-state index contributed by atoms with van der Waals surface area (Å²) >= 11 is 0. The van der Waals surface area contributed by atoms with Crippen molar-refractivity contribution in [2.45, 2.75) is 31.8 Å². The van der Waals surface area contributed by atoms with E-state index in [0.29, 0.717) is 11.6 Å². The van der Waals surface area contributed by atoms with Crippen LogP contribution in [-0.2, 0) is 11.8 Å². The molecule has 0 bridgehead atoms. The summed E-state index contributed by atoms with van der Waals surface area (Å²) in [4.78, 5) is 8.63. The minimum absolute atomic E-state index is 0.225. The summed E-state index contributed by atoms with van der Waals surface area (Å²) in [6.45, 7) is 4.14. The number of aromatic nitrogens is 2. The third-order valence-corrected chi connectivity index (χ3v) is 4.65. The second-order valence-corrected chi connectivity index (χ2v) is 6.93. The lowest BCUT2D eigenvalue weighted by molar-refractivity contribution is 0.105. The predicted octanol–water partition coefficient (Wildman–Crippen LogP) is 1.33. The second kappa shape index (κ2) is 6.50. The van der Waals surface area contributed by atoms with Gasteiger partial charge in [0.25, 0.3) is 0 Å². The quantitative estimate of drug-likeness (QED) is 0.647. The van der Waals surface area contributed by atoms with Gasteiger partial charge in [-0.2, -0.15) is 0 Å². The molecule has 0 spiro atoms. The molecule has 0 aliphatic heterocycles. The number of rotatable bonds is 5. The fourth-order valence-corrected chi connectivity index (χ4v) is 3.48. The van der Waals surface area contributed by atoms with Crippen molar-refractivity contribution in [2.24, 2.45) is 0 Å². The van der Waals surface area contributed by atoms with E-state index in [1.54, 1.807) is 7.11 Å². The molecule has 1 aliphatic rings. The zero-order chi connectivity index (χ0) is 18.2. The number of hydrogen-bond acceptors (Lipinski definition) is 7. The van der Waals surface area contributed by atoms with Crippen molar-refractivity contribution < 1.29 is 14.9 Å². The lowest BCUT2D eigenvalue weighted by Crippen LogP contribution is -2.30. The Morgan fingerprint density at radius 1 is 1.36 bits per heavy atom. The number of ether oxygens (including phenoxy) is 1. The van der Waals surface area contributed by atoms with Crippen LogP contribution in [0.3, 0.4) is 0 Å². The lowest BCUT2D eigenvalue weighted by Gasteiger charge is -2.35. The van der Waals surface area contributed by atoms with E-state index in [0.717, 1.165) is 34.5 Å². The van der Waals surface area contributed by atoms with Crippen LogP contribution in [0.4, 0.5) is 11.5 Å². The van der Waals surface area contributed by atoms with E-state index < -0.39 is 6.10 Å². The Labute approximate surface area is 146 Å². The lowest BCUT2D eigenvalue weighted by atomic mass is 9.71. The number of nitrogens with one attached hydrogen (secondary N) is 1. The Bertz CT molecular complexity index is 792. The Kier molecular flexibility index (Phi) is 4.53. The van der Waals surface area contributed by atoms with E-state index in [-0.39, 0.29) is 18.6 Å². The van der Waals surface area contributed by atoms with Crippen LogP contribution in [-0.4, -0.2) is 46.5 Å². The molecule has 1 aromatic heterocycles. The number of aliphatic hydroxyl groups excluding tert-OH is 2. The molecule has 7 heteroatoms. The van der Waals surface area contributed by atoms with Gasteiger partial charge < -0.3 is 26.0 Å². The summed E-state index contributed by atoms with van der Waals surface area (Å²) in [6.07, 6.45) is 1.36. The van der Waals surface area contributed by atoms with Crippen molar-refractivity contribution in [1.82, 2.24) is 9.97 Å². The molecule has 25 heavy (non-hydrogen) atoms. The highest BCUT2D eigenvalue weighted by molar-refractivity contribution is 5.82. The first kappa shape index (κ1) is 17.4. The Morgan fingerprint density at radius 3 is 2.80 bits per heavy atom. The molecule has 0 amide bonds. The number of nitrogens with zero attached hydrogens (tertiary/aromatic N) is 2. The standard InChI is InChI=1S/C18H24N4O3/c1-18(2)6-12-11(16-14(18)17(19)22-9-21-16)4-5-13(25-3)15(12)20-7-10(24)8-23/h4-5,9-10,20,23-24H,6-8H2,1-3H3,(H2,19,21,22). The average Bonchev–Trinajstić information content (AvgIpc) is 2.58. The van der Waals surface area contributed by atoms with Crippen LogP contribution in [0.1, 0.15) is 25.0 Å². The molecule has 0 fully saturated rings. The monoisotopic (exact) mass is 344 g/mol. The largest absolute Gasteiger partial charge is 0.495 e. The van der Waals surface area contributed by atoms with Crippen molar-refractivity contribution in [1.29, 1.82) is 0 Å². The molecule has 7 nitrogen and oxygen atoms in total. The number of hydrogen-bond donors (Lipinski definition) is 4. The smallest absolute Gasteiger partial charge is 0.142 e. The van der Waals surface area contributed by atoms with Crippen molar-refractivity contribution in [2.75, 3.05) is 31.3 Å². The molecule has 2 aromatic rings. The molecule has 1 aliphatic carbocycles. The summed E-state index contributed by atoms with van der Waals surface area (Å²) in [5.74, 6) is 1.19. The normalized spacial score (nSPS) is 15.9. The van der Waals surface area contributed by atoms with Crippen LogP contribution in [0.15, 0.2) is 18.5 Å². The molecule has 3 rings (SSSR count). The number of nitrogen functional groups attached to an aromatic ring is 1. The van der Waals surface area contributed by atoms with Crippen molar-refractivity contribution >= 4 is 11.5 Å². The van der Waals surface area contributed by atoms with Crippen LogP contribution < -0.4 is 15.8 Å². The van der Waals surface area contributed by atoms with E-state index in [1.165, 1.54) is 6.33 Å². The average molecular weight is 344 g/mol. The molecular formula is C18H24N4O3. The molecule has 0 radical (unpaired) electrons. The first-order valence-corrected chi connectivity index (χ1v) is 8.23. The van der Waals surface area contributed by atoms with Crippen LogP contribution >= 0.6 is 0 Å². The van der Waals surface area contributed by atoms with E-state index in [4.69, 9.17) is 15.6 Å². The minimum atomic E-state index is -0.845. The van der Waals surface area contributed by atoms with Gasteiger partial charge in [-0.1, -0.05) is 13.8 Å². The van der Waals surface area contributed by atoms with E-state index in [1.807, 2.05) is 12.1 Å². The molecule has 1 heterocycles. The zero-order valence-corrected chi connectivity index (χ0v) is 14.7. The highest BCUT2D eigenvalue weighted by Gasteiger charge is 2.36. The van der Waals surface area contributed by atoms with Gasteiger partial charge in [-0.15, -0.1) is 0 Å². The van der Waals surface area contributed by atoms with Crippen LogP contribution in [0.25, 0.3) is 11.3 Å². The van der Waals surface area contributed by atoms with E-state index in [2.05, 4.69) is 29.1 Å². The number of benzene rings is 1. The van der Waals surface area contributed by atoms with Gasteiger partial charge in [-0.05, 0) is 29.5 Å². The van der Waals surface area contributed by atoms with Crippen LogP contribution in [0, 0.1) is 0 Å². The van der Waals surface area contributed by atoms with E-state index >= 15 is 0 Å². The SMILES string of the molecule is COc1ccc2c(c1NCC(O)CO)CC(C)(C)c1c(N)ncnc1-2. The summed E-state index contributed by atoms with van der Waals surface area (Å²) in [5.41, 5.74) is 10.5. The fourth-order valence-electron chi connectivity index (χ4n) is 3.48. The van der Waals surface area contributed by atoms with Crippen molar-refractivity contribution in [3.8, 4) is 17.0 Å². The predicted molar refractivity (Wildman–Crippen MR) is 96.7 cm³/mol. The highest BCUT2D eigenvalue weighted by atomic mass is 16.5. The molecule has 134 valence electrons.